The maximum absolute atomic E-state index is 10.9. The number of thioether (sulfide) groups is 1. The van der Waals surface area contributed by atoms with Crippen molar-refractivity contribution >= 4 is 23.4 Å². The summed E-state index contributed by atoms with van der Waals surface area (Å²) in [7, 11) is 0. The SMILES string of the molecule is OC1(c2ccc(Cl)cc2)CCN(C2CCCSC2)CC1. The van der Waals surface area contributed by atoms with Crippen LogP contribution in [0.4, 0.5) is 0 Å². The number of rotatable bonds is 2. The van der Waals surface area contributed by atoms with Crippen LogP contribution in [0.25, 0.3) is 0 Å². The monoisotopic (exact) mass is 311 g/mol. The molecule has 2 fully saturated rings. The number of nitrogens with zero attached hydrogens (tertiary/aromatic N) is 1. The molecule has 1 aromatic carbocycles. The van der Waals surface area contributed by atoms with Crippen LogP contribution in [0.3, 0.4) is 0 Å². The minimum atomic E-state index is -0.664. The van der Waals surface area contributed by atoms with Gasteiger partial charge in [-0.1, -0.05) is 23.7 Å². The third kappa shape index (κ3) is 3.16. The number of aliphatic hydroxyl groups is 1. The zero-order valence-corrected chi connectivity index (χ0v) is 13.3. The highest BCUT2D eigenvalue weighted by Crippen LogP contribution is 2.35. The molecule has 110 valence electrons. The lowest BCUT2D eigenvalue weighted by molar-refractivity contribution is -0.0344. The van der Waals surface area contributed by atoms with Crippen LogP contribution in [0.15, 0.2) is 24.3 Å². The van der Waals surface area contributed by atoms with Crippen molar-refractivity contribution in [3.8, 4) is 0 Å². The molecule has 2 nitrogen and oxygen atoms in total. The number of hydrogen-bond acceptors (Lipinski definition) is 3. The summed E-state index contributed by atoms with van der Waals surface area (Å²) in [6.45, 7) is 2.01. The Hall–Kier alpha value is -0.220. The van der Waals surface area contributed by atoms with E-state index >= 15 is 0 Å². The van der Waals surface area contributed by atoms with Gasteiger partial charge in [0.1, 0.15) is 0 Å². The Kier molecular flexibility index (Phi) is 4.61. The van der Waals surface area contributed by atoms with Gasteiger partial charge in [0.25, 0.3) is 0 Å². The highest BCUT2D eigenvalue weighted by atomic mass is 35.5. The first-order valence-corrected chi connectivity index (χ1v) is 9.01. The fraction of sp³-hybridized carbons (Fsp3) is 0.625. The number of halogens is 1. The fourth-order valence-corrected chi connectivity index (χ4v) is 4.63. The van der Waals surface area contributed by atoms with Crippen molar-refractivity contribution in [2.45, 2.75) is 37.3 Å². The standard InChI is InChI=1S/C16H22ClNOS/c17-14-5-3-13(4-6-14)16(19)7-9-18(10-8-16)15-2-1-11-20-12-15/h3-6,15,19H,1-2,7-12H2. The van der Waals surface area contributed by atoms with Crippen LogP contribution in [0, 0.1) is 0 Å². The van der Waals surface area contributed by atoms with Gasteiger partial charge >= 0.3 is 0 Å². The molecule has 3 rings (SSSR count). The first-order chi connectivity index (χ1) is 9.67. The Labute approximate surface area is 130 Å². The Morgan fingerprint density at radius 1 is 1.20 bits per heavy atom. The molecule has 1 atom stereocenters. The number of piperidine rings is 1. The summed E-state index contributed by atoms with van der Waals surface area (Å²) in [5.41, 5.74) is 0.350. The van der Waals surface area contributed by atoms with Crippen LogP contribution in [-0.2, 0) is 5.60 Å². The molecule has 20 heavy (non-hydrogen) atoms. The minimum Gasteiger partial charge on any atom is -0.385 e. The van der Waals surface area contributed by atoms with Gasteiger partial charge in [-0.25, -0.2) is 0 Å². The maximum atomic E-state index is 10.9. The molecular weight excluding hydrogens is 290 g/mol. The summed E-state index contributed by atoms with van der Waals surface area (Å²) in [4.78, 5) is 2.58. The summed E-state index contributed by atoms with van der Waals surface area (Å²) in [6, 6.07) is 8.41. The quantitative estimate of drug-likeness (QED) is 0.904. The van der Waals surface area contributed by atoms with Gasteiger partial charge in [-0.3, -0.25) is 4.90 Å². The molecule has 1 aromatic rings. The Bertz CT molecular complexity index is 436. The highest BCUT2D eigenvalue weighted by molar-refractivity contribution is 7.99. The molecule has 2 aliphatic heterocycles. The Morgan fingerprint density at radius 3 is 2.50 bits per heavy atom. The summed E-state index contributed by atoms with van der Waals surface area (Å²) in [5.74, 6) is 2.58. The van der Waals surface area contributed by atoms with Crippen molar-refractivity contribution in [1.82, 2.24) is 4.90 Å². The molecular formula is C16H22ClNOS. The minimum absolute atomic E-state index is 0.664. The molecule has 2 heterocycles. The van der Waals surface area contributed by atoms with Crippen LogP contribution in [0.2, 0.25) is 5.02 Å². The lowest BCUT2D eigenvalue weighted by atomic mass is 9.84. The van der Waals surface area contributed by atoms with Gasteiger partial charge in [0, 0.05) is 29.9 Å². The third-order valence-corrected chi connectivity index (χ3v) is 6.11. The van der Waals surface area contributed by atoms with Gasteiger partial charge in [0.05, 0.1) is 5.60 Å². The normalized spacial score (nSPS) is 27.4. The smallest absolute Gasteiger partial charge is 0.0920 e. The van der Waals surface area contributed by atoms with Crippen molar-refractivity contribution in [1.29, 1.82) is 0 Å². The topological polar surface area (TPSA) is 23.5 Å². The van der Waals surface area contributed by atoms with Gasteiger partial charge in [0.2, 0.25) is 0 Å². The van der Waals surface area contributed by atoms with E-state index in [1.807, 2.05) is 24.3 Å². The third-order valence-electron chi connectivity index (χ3n) is 4.66. The van der Waals surface area contributed by atoms with E-state index in [2.05, 4.69) is 16.7 Å². The van der Waals surface area contributed by atoms with Crippen LogP contribution in [0.5, 0.6) is 0 Å². The lowest BCUT2D eigenvalue weighted by Gasteiger charge is -2.43. The molecule has 0 spiro atoms. The van der Waals surface area contributed by atoms with E-state index in [1.165, 1.54) is 24.3 Å². The number of benzene rings is 1. The van der Waals surface area contributed by atoms with Crippen LogP contribution in [-0.4, -0.2) is 40.6 Å². The molecule has 2 aliphatic rings. The van der Waals surface area contributed by atoms with Crippen LogP contribution < -0.4 is 0 Å². The van der Waals surface area contributed by atoms with Crippen LogP contribution in [0.1, 0.15) is 31.2 Å². The summed E-state index contributed by atoms with van der Waals surface area (Å²) in [6.07, 6.45) is 4.32. The van der Waals surface area contributed by atoms with Crippen molar-refractivity contribution in [3.05, 3.63) is 34.9 Å². The predicted molar refractivity (Wildman–Crippen MR) is 86.5 cm³/mol. The molecule has 0 aromatic heterocycles. The lowest BCUT2D eigenvalue weighted by Crippen LogP contribution is -2.48. The van der Waals surface area contributed by atoms with Crippen molar-refractivity contribution < 1.29 is 5.11 Å². The van der Waals surface area contributed by atoms with E-state index in [0.717, 1.165) is 42.6 Å². The summed E-state index contributed by atoms with van der Waals surface area (Å²) in [5, 5.41) is 11.6. The first kappa shape index (κ1) is 14.7. The molecule has 0 radical (unpaired) electrons. The van der Waals surface area contributed by atoms with E-state index < -0.39 is 5.60 Å². The zero-order chi connectivity index (χ0) is 14.0. The second kappa shape index (κ2) is 6.27. The van der Waals surface area contributed by atoms with E-state index in [1.54, 1.807) is 0 Å². The van der Waals surface area contributed by atoms with Gasteiger partial charge in [-0.15, -0.1) is 0 Å². The molecule has 4 heteroatoms. The molecule has 0 aliphatic carbocycles. The molecule has 0 saturated carbocycles. The molecule has 1 N–H and O–H groups in total. The van der Waals surface area contributed by atoms with E-state index in [4.69, 9.17) is 11.6 Å². The fourth-order valence-electron chi connectivity index (χ4n) is 3.32. The number of likely N-dealkylation sites (tertiary alicyclic amines) is 1. The first-order valence-electron chi connectivity index (χ1n) is 7.48. The average Bonchev–Trinajstić information content (AvgIpc) is 2.49. The van der Waals surface area contributed by atoms with Crippen LogP contribution >= 0.6 is 23.4 Å². The van der Waals surface area contributed by atoms with Crippen molar-refractivity contribution in [2.24, 2.45) is 0 Å². The van der Waals surface area contributed by atoms with Gasteiger partial charge in [-0.2, -0.15) is 11.8 Å². The van der Waals surface area contributed by atoms with E-state index in [-0.39, 0.29) is 0 Å². The largest absolute Gasteiger partial charge is 0.385 e. The zero-order valence-electron chi connectivity index (χ0n) is 11.7. The second-order valence-corrected chi connectivity index (χ2v) is 7.53. The van der Waals surface area contributed by atoms with Crippen molar-refractivity contribution in [2.75, 3.05) is 24.6 Å². The highest BCUT2D eigenvalue weighted by Gasteiger charge is 2.36. The average molecular weight is 312 g/mol. The predicted octanol–water partition coefficient (Wildman–Crippen LogP) is 3.52. The van der Waals surface area contributed by atoms with Crippen molar-refractivity contribution in [3.63, 3.8) is 0 Å². The van der Waals surface area contributed by atoms with Gasteiger partial charge < -0.3 is 5.11 Å². The second-order valence-electron chi connectivity index (χ2n) is 5.95. The van der Waals surface area contributed by atoms with Gasteiger partial charge in [-0.05, 0) is 49.1 Å². The Balaban J connectivity index is 1.63. The van der Waals surface area contributed by atoms with E-state index in [0.29, 0.717) is 0 Å². The molecule has 2 saturated heterocycles. The molecule has 0 bridgehead atoms. The summed E-state index contributed by atoms with van der Waals surface area (Å²) < 4.78 is 0. The number of hydrogen-bond donors (Lipinski definition) is 1. The molecule has 1 unspecified atom stereocenters. The molecule has 0 amide bonds. The van der Waals surface area contributed by atoms with E-state index in [9.17, 15) is 5.11 Å². The maximum Gasteiger partial charge on any atom is 0.0920 e. The summed E-state index contributed by atoms with van der Waals surface area (Å²) >= 11 is 8.00. The Morgan fingerprint density at radius 2 is 1.90 bits per heavy atom. The van der Waals surface area contributed by atoms with Gasteiger partial charge in [0.15, 0.2) is 0 Å².